The van der Waals surface area contributed by atoms with Crippen LogP contribution in [0, 0.1) is 6.92 Å². The number of benzene rings is 1. The second-order valence-corrected chi connectivity index (χ2v) is 7.62. The first kappa shape index (κ1) is 26.0. The Kier molecular flexibility index (Phi) is 8.69. The monoisotopic (exact) mass is 487 g/mol. The number of esters is 1. The Morgan fingerprint density at radius 2 is 1.82 bits per heavy atom. The molecule has 2 aromatic rings. The molecule has 0 fully saturated rings. The minimum Gasteiger partial charge on any atom is -0.494 e. The average Bonchev–Trinajstić information content (AvgIpc) is 3.07. The molecule has 3 N–H and O–H groups in total. The lowest BCUT2D eigenvalue weighted by atomic mass is 10.1. The predicted octanol–water partition coefficient (Wildman–Crippen LogP) is 4.06. The molecule has 0 radical (unpaired) electrons. The quantitative estimate of drug-likeness (QED) is 0.461. The van der Waals surface area contributed by atoms with Crippen LogP contribution >= 0.6 is 11.3 Å². The number of nitrogens with one attached hydrogen (secondary N) is 3. The number of rotatable bonds is 9. The highest BCUT2D eigenvalue weighted by Gasteiger charge is 2.34. The summed E-state index contributed by atoms with van der Waals surface area (Å²) in [5.41, 5.74) is -0.944. The van der Waals surface area contributed by atoms with Crippen molar-refractivity contribution in [3.8, 4) is 5.75 Å². The first-order valence-corrected chi connectivity index (χ1v) is 10.7. The number of thiophene rings is 1. The highest BCUT2D eigenvalue weighted by molar-refractivity contribution is 7.18. The largest absolute Gasteiger partial charge is 0.494 e. The van der Waals surface area contributed by atoms with Gasteiger partial charge in [-0.1, -0.05) is 0 Å². The minimum absolute atomic E-state index is 0.0193. The lowest BCUT2D eigenvalue weighted by Crippen LogP contribution is -2.23. The zero-order valence-corrected chi connectivity index (χ0v) is 19.3. The zero-order chi connectivity index (χ0) is 24.8. The summed E-state index contributed by atoms with van der Waals surface area (Å²) in [4.78, 5) is 37.1. The summed E-state index contributed by atoms with van der Waals surface area (Å²) < 4.78 is 50.4. The molecule has 0 unspecified atom stereocenters. The van der Waals surface area contributed by atoms with Gasteiger partial charge in [-0.3, -0.25) is 9.59 Å². The van der Waals surface area contributed by atoms with E-state index in [1.807, 2.05) is 0 Å². The fraction of sp³-hybridized carbons (Fsp3) is 0.381. The summed E-state index contributed by atoms with van der Waals surface area (Å²) in [6, 6.07) is 3.38. The Morgan fingerprint density at radius 1 is 1.12 bits per heavy atom. The van der Waals surface area contributed by atoms with Gasteiger partial charge in [-0.25, -0.2) is 4.79 Å². The Labute approximate surface area is 192 Å². The maximum absolute atomic E-state index is 13.4. The molecule has 0 saturated heterocycles. The first-order chi connectivity index (χ1) is 15.5. The predicted molar refractivity (Wildman–Crippen MR) is 118 cm³/mol. The van der Waals surface area contributed by atoms with Crippen molar-refractivity contribution >= 4 is 39.8 Å². The van der Waals surface area contributed by atoms with E-state index in [2.05, 4.69) is 16.0 Å². The highest BCUT2D eigenvalue weighted by atomic mass is 32.1. The van der Waals surface area contributed by atoms with Crippen LogP contribution in [-0.2, 0) is 15.7 Å². The van der Waals surface area contributed by atoms with E-state index in [9.17, 15) is 27.6 Å². The molecule has 2 amide bonds. The molecule has 2 rings (SSSR count). The summed E-state index contributed by atoms with van der Waals surface area (Å²) in [5, 5.41) is 7.45. The molecule has 0 aliphatic carbocycles. The van der Waals surface area contributed by atoms with Crippen LogP contribution in [0.1, 0.15) is 45.0 Å². The minimum atomic E-state index is -4.67. The van der Waals surface area contributed by atoms with E-state index in [0.717, 1.165) is 17.4 Å². The third kappa shape index (κ3) is 6.37. The molecule has 1 aromatic heterocycles. The van der Waals surface area contributed by atoms with Crippen LogP contribution in [0.15, 0.2) is 18.2 Å². The van der Waals surface area contributed by atoms with Crippen molar-refractivity contribution in [2.75, 3.05) is 37.4 Å². The van der Waals surface area contributed by atoms with Crippen LogP contribution in [-0.4, -0.2) is 44.6 Å². The lowest BCUT2D eigenvalue weighted by molar-refractivity contribution is -0.137. The Bertz CT molecular complexity index is 1040. The van der Waals surface area contributed by atoms with Crippen molar-refractivity contribution < 1.29 is 37.0 Å². The normalized spacial score (nSPS) is 11.0. The summed E-state index contributed by atoms with van der Waals surface area (Å²) in [7, 11) is 1.42. The van der Waals surface area contributed by atoms with Gasteiger partial charge in [0.15, 0.2) is 0 Å². The Morgan fingerprint density at radius 3 is 2.39 bits per heavy atom. The van der Waals surface area contributed by atoms with E-state index in [1.54, 1.807) is 13.8 Å². The standard InChI is InChI=1S/C21H24F3N3O5S/c1-5-31-12-7-8-14(13(9-12)21(22,23)24)26-10-15(28)27-19-16(20(30)32-6-2)11(3)17(33-19)18(29)25-4/h7-9,26H,5-6,10H2,1-4H3,(H,25,29)(H,27,28). The van der Waals surface area contributed by atoms with Crippen molar-refractivity contribution in [1.82, 2.24) is 5.32 Å². The van der Waals surface area contributed by atoms with Crippen LogP contribution in [0.25, 0.3) is 0 Å². The van der Waals surface area contributed by atoms with Crippen LogP contribution in [0.4, 0.5) is 23.9 Å². The van der Waals surface area contributed by atoms with Crippen LogP contribution in [0.3, 0.4) is 0 Å². The van der Waals surface area contributed by atoms with Gasteiger partial charge in [0.25, 0.3) is 5.91 Å². The van der Waals surface area contributed by atoms with E-state index >= 15 is 0 Å². The second kappa shape index (κ2) is 11.0. The first-order valence-electron chi connectivity index (χ1n) is 9.93. The third-order valence-electron chi connectivity index (χ3n) is 4.36. The number of amides is 2. The molecule has 0 bridgehead atoms. The van der Waals surface area contributed by atoms with Crippen molar-refractivity contribution in [2.24, 2.45) is 0 Å². The number of anilines is 2. The molecule has 8 nitrogen and oxygen atoms in total. The molecule has 0 aliphatic heterocycles. The molecule has 12 heteroatoms. The number of carbonyl (C=O) groups is 3. The van der Waals surface area contributed by atoms with Gasteiger partial charge in [-0.15, -0.1) is 11.3 Å². The van der Waals surface area contributed by atoms with Crippen LogP contribution in [0.5, 0.6) is 5.75 Å². The fourth-order valence-electron chi connectivity index (χ4n) is 2.90. The Hall–Kier alpha value is -3.28. The van der Waals surface area contributed by atoms with E-state index in [0.29, 0.717) is 5.56 Å². The number of hydrogen-bond acceptors (Lipinski definition) is 7. The molecule has 1 aromatic carbocycles. The summed E-state index contributed by atoms with van der Waals surface area (Å²) >= 11 is 0.869. The summed E-state index contributed by atoms with van der Waals surface area (Å²) in [5.74, 6) is -1.84. The number of alkyl halides is 3. The summed E-state index contributed by atoms with van der Waals surface area (Å²) in [6.45, 7) is 4.55. The van der Waals surface area contributed by atoms with Crippen molar-refractivity contribution in [3.63, 3.8) is 0 Å². The van der Waals surface area contributed by atoms with Crippen molar-refractivity contribution in [1.29, 1.82) is 0 Å². The molecule has 0 saturated carbocycles. The molecule has 1 heterocycles. The summed E-state index contributed by atoms with van der Waals surface area (Å²) in [6.07, 6.45) is -4.67. The molecular weight excluding hydrogens is 463 g/mol. The number of halogens is 3. The van der Waals surface area contributed by atoms with Gasteiger partial charge in [0.1, 0.15) is 10.8 Å². The van der Waals surface area contributed by atoms with E-state index < -0.39 is 36.1 Å². The molecule has 0 aliphatic rings. The SMILES string of the molecule is CCOC(=O)c1c(NC(=O)CNc2ccc(OCC)cc2C(F)(F)F)sc(C(=O)NC)c1C. The average molecular weight is 488 g/mol. The second-order valence-electron chi connectivity index (χ2n) is 6.60. The smallest absolute Gasteiger partial charge is 0.418 e. The van der Waals surface area contributed by atoms with Gasteiger partial charge in [0.2, 0.25) is 5.91 Å². The van der Waals surface area contributed by atoms with Gasteiger partial charge < -0.3 is 25.4 Å². The van der Waals surface area contributed by atoms with Crippen LogP contribution in [0.2, 0.25) is 0 Å². The molecular formula is C21H24F3N3O5S. The van der Waals surface area contributed by atoms with Crippen molar-refractivity contribution in [3.05, 3.63) is 39.8 Å². The molecule has 0 spiro atoms. The maximum Gasteiger partial charge on any atom is 0.418 e. The zero-order valence-electron chi connectivity index (χ0n) is 18.4. The number of carbonyl (C=O) groups excluding carboxylic acids is 3. The topological polar surface area (TPSA) is 106 Å². The highest BCUT2D eigenvalue weighted by Crippen LogP contribution is 2.37. The lowest BCUT2D eigenvalue weighted by Gasteiger charge is -2.16. The number of ether oxygens (including phenoxy) is 2. The van der Waals surface area contributed by atoms with Gasteiger partial charge in [0, 0.05) is 12.7 Å². The van der Waals surface area contributed by atoms with E-state index in [4.69, 9.17) is 9.47 Å². The van der Waals surface area contributed by atoms with Crippen LogP contribution < -0.4 is 20.7 Å². The Balaban J connectivity index is 2.25. The maximum atomic E-state index is 13.4. The van der Waals surface area contributed by atoms with Crippen molar-refractivity contribution in [2.45, 2.75) is 26.9 Å². The van der Waals surface area contributed by atoms with Gasteiger partial charge in [0.05, 0.1) is 35.8 Å². The van der Waals surface area contributed by atoms with Gasteiger partial charge >= 0.3 is 12.1 Å². The molecule has 180 valence electrons. The molecule has 0 atom stereocenters. The molecule has 33 heavy (non-hydrogen) atoms. The number of hydrogen-bond donors (Lipinski definition) is 3. The van der Waals surface area contributed by atoms with Gasteiger partial charge in [-0.2, -0.15) is 13.2 Å². The van der Waals surface area contributed by atoms with E-state index in [1.165, 1.54) is 26.1 Å². The van der Waals surface area contributed by atoms with E-state index in [-0.39, 0.29) is 40.1 Å². The third-order valence-corrected chi connectivity index (χ3v) is 5.57. The van der Waals surface area contributed by atoms with Gasteiger partial charge in [-0.05, 0) is 44.5 Å². The fourth-order valence-corrected chi connectivity index (χ4v) is 4.05.